The molecule has 2 aliphatic rings. The second kappa shape index (κ2) is 8.17. The molecule has 2 atom stereocenters. The van der Waals surface area contributed by atoms with E-state index in [4.69, 9.17) is 16.3 Å². The number of anilines is 1. The molecular formula is C19H24ClN3O4. The van der Waals surface area contributed by atoms with Crippen molar-refractivity contribution in [2.45, 2.75) is 20.3 Å². The fourth-order valence-electron chi connectivity index (χ4n) is 3.31. The van der Waals surface area contributed by atoms with Crippen LogP contribution in [0.1, 0.15) is 18.9 Å². The first-order chi connectivity index (χ1) is 12.9. The Morgan fingerprint density at radius 1 is 1.15 bits per heavy atom. The van der Waals surface area contributed by atoms with Crippen LogP contribution >= 0.6 is 11.6 Å². The molecule has 0 aromatic heterocycles. The van der Waals surface area contributed by atoms with Crippen molar-refractivity contribution in [3.05, 3.63) is 28.8 Å². The Labute approximate surface area is 163 Å². The van der Waals surface area contributed by atoms with E-state index in [1.807, 2.05) is 6.92 Å². The van der Waals surface area contributed by atoms with Gasteiger partial charge < -0.3 is 19.9 Å². The highest BCUT2D eigenvalue weighted by atomic mass is 35.5. The van der Waals surface area contributed by atoms with E-state index < -0.39 is 0 Å². The van der Waals surface area contributed by atoms with Gasteiger partial charge in [-0.3, -0.25) is 9.59 Å². The van der Waals surface area contributed by atoms with E-state index in [2.05, 4.69) is 5.32 Å². The summed E-state index contributed by atoms with van der Waals surface area (Å²) in [6.07, 6.45) is 0.224. The van der Waals surface area contributed by atoms with Crippen LogP contribution < -0.4 is 5.32 Å². The Balaban J connectivity index is 1.49. The molecule has 7 nitrogen and oxygen atoms in total. The van der Waals surface area contributed by atoms with Crippen LogP contribution in [0.2, 0.25) is 5.02 Å². The molecule has 0 spiro atoms. The van der Waals surface area contributed by atoms with Gasteiger partial charge in [0.2, 0.25) is 11.8 Å². The number of halogens is 1. The van der Waals surface area contributed by atoms with Crippen molar-refractivity contribution in [1.82, 2.24) is 9.80 Å². The van der Waals surface area contributed by atoms with E-state index in [1.165, 1.54) is 0 Å². The van der Waals surface area contributed by atoms with Gasteiger partial charge in [-0.15, -0.1) is 0 Å². The predicted molar refractivity (Wildman–Crippen MR) is 102 cm³/mol. The van der Waals surface area contributed by atoms with Gasteiger partial charge in [0, 0.05) is 36.9 Å². The molecular weight excluding hydrogens is 370 g/mol. The topological polar surface area (TPSA) is 79.0 Å². The number of piperazine rings is 1. The lowest BCUT2D eigenvalue weighted by Crippen LogP contribution is -2.51. The fourth-order valence-corrected chi connectivity index (χ4v) is 3.54. The zero-order valence-electron chi connectivity index (χ0n) is 15.5. The largest absolute Gasteiger partial charge is 0.450 e. The molecule has 1 aliphatic carbocycles. The van der Waals surface area contributed by atoms with Crippen LogP contribution in [-0.2, 0) is 14.3 Å². The summed E-state index contributed by atoms with van der Waals surface area (Å²) in [7, 11) is 0. The van der Waals surface area contributed by atoms with Gasteiger partial charge in [-0.1, -0.05) is 11.6 Å². The van der Waals surface area contributed by atoms with Crippen LogP contribution in [0.15, 0.2) is 18.2 Å². The molecule has 2 unspecified atom stereocenters. The molecule has 3 amide bonds. The summed E-state index contributed by atoms with van der Waals surface area (Å²) in [5, 5.41) is 3.50. The summed E-state index contributed by atoms with van der Waals surface area (Å²) in [5.74, 6) is -0.710. The van der Waals surface area contributed by atoms with Crippen LogP contribution in [0.3, 0.4) is 0 Å². The average Bonchev–Trinajstić information content (AvgIpc) is 3.44. The van der Waals surface area contributed by atoms with Crippen LogP contribution in [0.4, 0.5) is 10.5 Å². The lowest BCUT2D eigenvalue weighted by atomic mass is 10.2. The molecule has 146 valence electrons. The highest BCUT2D eigenvalue weighted by molar-refractivity contribution is 6.30. The summed E-state index contributed by atoms with van der Waals surface area (Å²) in [4.78, 5) is 40.1. The molecule has 0 bridgehead atoms. The smallest absolute Gasteiger partial charge is 0.409 e. The van der Waals surface area contributed by atoms with Gasteiger partial charge in [0.15, 0.2) is 0 Å². The van der Waals surface area contributed by atoms with E-state index in [0.717, 1.165) is 5.56 Å². The third kappa shape index (κ3) is 4.53. The molecule has 1 aliphatic heterocycles. The van der Waals surface area contributed by atoms with Crippen molar-refractivity contribution >= 4 is 35.2 Å². The predicted octanol–water partition coefficient (Wildman–Crippen LogP) is 2.52. The average molecular weight is 394 g/mol. The standard InChI is InChI=1S/C19H24ClN3O4/c1-3-27-19(26)23-8-6-22(7-9-23)18(25)15-11-14(15)17(24)21-16-5-4-13(20)10-12(16)2/h4-5,10,14-15H,3,6-9,11H2,1-2H3,(H,21,24). The minimum Gasteiger partial charge on any atom is -0.450 e. The van der Waals surface area contributed by atoms with Crippen molar-refractivity contribution in [3.63, 3.8) is 0 Å². The first kappa shape index (κ1) is 19.5. The van der Waals surface area contributed by atoms with Crippen molar-refractivity contribution in [2.75, 3.05) is 38.1 Å². The van der Waals surface area contributed by atoms with Crippen LogP contribution in [0.5, 0.6) is 0 Å². The van der Waals surface area contributed by atoms with Gasteiger partial charge >= 0.3 is 6.09 Å². The Hall–Kier alpha value is -2.28. The number of rotatable bonds is 4. The third-order valence-electron chi connectivity index (χ3n) is 5.01. The number of benzene rings is 1. The Morgan fingerprint density at radius 3 is 2.44 bits per heavy atom. The maximum Gasteiger partial charge on any atom is 0.409 e. The normalized spacial score (nSPS) is 21.6. The number of hydrogen-bond acceptors (Lipinski definition) is 4. The SMILES string of the molecule is CCOC(=O)N1CCN(C(=O)C2CC2C(=O)Nc2ccc(Cl)cc2C)CC1. The first-order valence-corrected chi connectivity index (χ1v) is 9.56. The number of nitrogens with one attached hydrogen (secondary N) is 1. The first-order valence-electron chi connectivity index (χ1n) is 9.18. The minimum atomic E-state index is -0.341. The number of nitrogens with zero attached hydrogens (tertiary/aromatic N) is 2. The van der Waals surface area contributed by atoms with Gasteiger partial charge in [0.1, 0.15) is 0 Å². The maximum absolute atomic E-state index is 12.6. The number of carbonyl (C=O) groups is 3. The molecule has 1 saturated carbocycles. The number of hydrogen-bond donors (Lipinski definition) is 1. The quantitative estimate of drug-likeness (QED) is 0.852. The molecule has 2 fully saturated rings. The zero-order valence-corrected chi connectivity index (χ0v) is 16.3. The molecule has 8 heteroatoms. The Kier molecular flexibility index (Phi) is 5.89. The molecule has 1 aromatic rings. The summed E-state index contributed by atoms with van der Waals surface area (Å²) < 4.78 is 4.98. The van der Waals surface area contributed by atoms with Crippen molar-refractivity contribution < 1.29 is 19.1 Å². The minimum absolute atomic E-state index is 0.00788. The van der Waals surface area contributed by atoms with Crippen LogP contribution in [0, 0.1) is 18.8 Å². The number of amides is 3. The van der Waals surface area contributed by atoms with Crippen molar-refractivity contribution in [2.24, 2.45) is 11.8 Å². The van der Waals surface area contributed by atoms with Gasteiger partial charge in [-0.2, -0.15) is 0 Å². The number of ether oxygens (including phenoxy) is 1. The van der Waals surface area contributed by atoms with Gasteiger partial charge in [-0.25, -0.2) is 4.79 Å². The maximum atomic E-state index is 12.6. The van der Waals surface area contributed by atoms with Crippen LogP contribution in [0.25, 0.3) is 0 Å². The summed E-state index contributed by atoms with van der Waals surface area (Å²) in [6, 6.07) is 5.28. The van der Waals surface area contributed by atoms with E-state index in [0.29, 0.717) is 49.9 Å². The summed E-state index contributed by atoms with van der Waals surface area (Å²) in [5.41, 5.74) is 1.60. The summed E-state index contributed by atoms with van der Waals surface area (Å²) in [6.45, 7) is 5.83. The van der Waals surface area contributed by atoms with E-state index in [-0.39, 0.29) is 29.7 Å². The molecule has 0 radical (unpaired) electrons. The fraction of sp³-hybridized carbons (Fsp3) is 0.526. The molecule has 1 heterocycles. The van der Waals surface area contributed by atoms with Crippen molar-refractivity contribution in [3.8, 4) is 0 Å². The molecule has 1 saturated heterocycles. The number of aryl methyl sites for hydroxylation is 1. The van der Waals surface area contributed by atoms with E-state index in [9.17, 15) is 14.4 Å². The second-order valence-corrected chi connectivity index (χ2v) is 7.34. The zero-order chi connectivity index (χ0) is 19.6. The third-order valence-corrected chi connectivity index (χ3v) is 5.24. The molecule has 1 N–H and O–H groups in total. The molecule has 1 aromatic carbocycles. The lowest BCUT2D eigenvalue weighted by molar-refractivity contribution is -0.135. The van der Waals surface area contributed by atoms with Gasteiger partial charge in [-0.05, 0) is 44.0 Å². The van der Waals surface area contributed by atoms with Gasteiger partial charge in [0.05, 0.1) is 18.4 Å². The molecule has 3 rings (SSSR count). The highest BCUT2D eigenvalue weighted by Crippen LogP contribution is 2.41. The van der Waals surface area contributed by atoms with E-state index >= 15 is 0 Å². The van der Waals surface area contributed by atoms with Gasteiger partial charge in [0.25, 0.3) is 0 Å². The van der Waals surface area contributed by atoms with Crippen molar-refractivity contribution in [1.29, 1.82) is 0 Å². The number of carbonyl (C=O) groups excluding carboxylic acids is 3. The Morgan fingerprint density at radius 2 is 1.81 bits per heavy atom. The van der Waals surface area contributed by atoms with Crippen LogP contribution in [-0.4, -0.2) is 60.5 Å². The highest BCUT2D eigenvalue weighted by Gasteiger charge is 2.49. The monoisotopic (exact) mass is 393 g/mol. The second-order valence-electron chi connectivity index (χ2n) is 6.91. The lowest BCUT2D eigenvalue weighted by Gasteiger charge is -2.34. The summed E-state index contributed by atoms with van der Waals surface area (Å²) >= 11 is 5.93. The Bertz CT molecular complexity index is 746. The van der Waals surface area contributed by atoms with E-state index in [1.54, 1.807) is 34.9 Å². The molecule has 27 heavy (non-hydrogen) atoms.